The van der Waals surface area contributed by atoms with Crippen molar-refractivity contribution in [2.24, 2.45) is 0 Å². The minimum Gasteiger partial charge on any atom is -0.472 e. The van der Waals surface area contributed by atoms with E-state index in [4.69, 9.17) is 16.0 Å². The molecule has 1 aromatic carbocycles. The molecule has 8 heteroatoms. The van der Waals surface area contributed by atoms with E-state index in [1.165, 1.54) is 31.6 Å². The molecule has 0 aliphatic heterocycles. The third kappa shape index (κ3) is 4.60. The lowest BCUT2D eigenvalue weighted by atomic mass is 10.2. The summed E-state index contributed by atoms with van der Waals surface area (Å²) >= 11 is 5.90. The standard InChI is InChI=1S/C16H16ClN3O4/c1-9(18-16(23)11-5-6-24-8-11)15(22)20-13-4-3-12(17)7-14(13)19-10(2)21/h3-9H,1-2H3,(H,18,23)(H,19,21)(H,20,22)/t9-/m1/s1. The fraction of sp³-hybridized carbons (Fsp3) is 0.188. The Morgan fingerprint density at radius 3 is 2.50 bits per heavy atom. The van der Waals surface area contributed by atoms with E-state index in [0.717, 1.165) is 0 Å². The molecule has 3 amide bonds. The maximum Gasteiger partial charge on any atom is 0.255 e. The van der Waals surface area contributed by atoms with Crippen molar-refractivity contribution in [2.75, 3.05) is 10.6 Å². The summed E-state index contributed by atoms with van der Waals surface area (Å²) in [6.07, 6.45) is 2.65. The number of carbonyl (C=O) groups excluding carboxylic acids is 3. The van der Waals surface area contributed by atoms with Crippen LogP contribution < -0.4 is 16.0 Å². The lowest BCUT2D eigenvalue weighted by Crippen LogP contribution is -2.41. The maximum absolute atomic E-state index is 12.2. The number of carbonyl (C=O) groups is 3. The predicted molar refractivity (Wildman–Crippen MR) is 90.0 cm³/mol. The van der Waals surface area contributed by atoms with Crippen LogP contribution in [-0.4, -0.2) is 23.8 Å². The molecule has 24 heavy (non-hydrogen) atoms. The minimum absolute atomic E-state index is 0.297. The molecule has 0 aliphatic rings. The van der Waals surface area contributed by atoms with Gasteiger partial charge < -0.3 is 20.4 Å². The van der Waals surface area contributed by atoms with Gasteiger partial charge in [0.25, 0.3) is 5.91 Å². The summed E-state index contributed by atoms with van der Waals surface area (Å²) in [4.78, 5) is 35.4. The molecule has 2 rings (SSSR count). The van der Waals surface area contributed by atoms with Gasteiger partial charge in [0.15, 0.2) is 0 Å². The number of hydrogen-bond donors (Lipinski definition) is 3. The highest BCUT2D eigenvalue weighted by Crippen LogP contribution is 2.26. The number of halogens is 1. The van der Waals surface area contributed by atoms with Crippen LogP contribution in [-0.2, 0) is 9.59 Å². The second-order valence-corrected chi connectivity index (χ2v) is 5.50. The van der Waals surface area contributed by atoms with Crippen LogP contribution in [0.2, 0.25) is 5.02 Å². The zero-order chi connectivity index (χ0) is 17.7. The van der Waals surface area contributed by atoms with E-state index in [2.05, 4.69) is 16.0 Å². The largest absolute Gasteiger partial charge is 0.472 e. The van der Waals surface area contributed by atoms with Gasteiger partial charge in [0.2, 0.25) is 11.8 Å². The molecule has 1 heterocycles. The number of hydrogen-bond acceptors (Lipinski definition) is 4. The van der Waals surface area contributed by atoms with Crippen molar-refractivity contribution >= 4 is 40.7 Å². The van der Waals surface area contributed by atoms with Crippen LogP contribution in [0.15, 0.2) is 41.2 Å². The molecular formula is C16H16ClN3O4. The van der Waals surface area contributed by atoms with Crippen molar-refractivity contribution in [3.05, 3.63) is 47.4 Å². The van der Waals surface area contributed by atoms with Crippen molar-refractivity contribution in [1.29, 1.82) is 0 Å². The number of furan rings is 1. The molecule has 1 atom stereocenters. The fourth-order valence-electron chi connectivity index (χ4n) is 1.90. The van der Waals surface area contributed by atoms with Gasteiger partial charge in [-0.15, -0.1) is 0 Å². The van der Waals surface area contributed by atoms with Crippen molar-refractivity contribution in [1.82, 2.24) is 5.32 Å². The zero-order valence-corrected chi connectivity index (χ0v) is 13.8. The van der Waals surface area contributed by atoms with E-state index in [-0.39, 0.29) is 5.91 Å². The molecule has 1 aromatic heterocycles. The van der Waals surface area contributed by atoms with Crippen LogP contribution in [0.5, 0.6) is 0 Å². The van der Waals surface area contributed by atoms with E-state index in [0.29, 0.717) is 22.0 Å². The first kappa shape index (κ1) is 17.6. The average molecular weight is 350 g/mol. The lowest BCUT2D eigenvalue weighted by Gasteiger charge is -2.16. The SMILES string of the molecule is CC(=O)Nc1cc(Cl)ccc1NC(=O)[C@@H](C)NC(=O)c1ccoc1. The smallest absolute Gasteiger partial charge is 0.255 e. The van der Waals surface area contributed by atoms with Gasteiger partial charge in [-0.3, -0.25) is 14.4 Å². The van der Waals surface area contributed by atoms with Gasteiger partial charge in [-0.25, -0.2) is 0 Å². The first-order valence-corrected chi connectivity index (χ1v) is 7.45. The highest BCUT2D eigenvalue weighted by Gasteiger charge is 2.18. The van der Waals surface area contributed by atoms with E-state index in [1.807, 2.05) is 0 Å². The Hall–Kier alpha value is -2.80. The van der Waals surface area contributed by atoms with Gasteiger partial charge in [-0.1, -0.05) is 11.6 Å². The molecule has 126 valence electrons. The molecular weight excluding hydrogens is 334 g/mol. The number of rotatable bonds is 5. The number of amides is 3. The predicted octanol–water partition coefficient (Wildman–Crippen LogP) is 2.65. The summed E-state index contributed by atoms with van der Waals surface area (Å²) in [6.45, 7) is 2.89. The number of benzene rings is 1. The molecule has 0 saturated heterocycles. The summed E-state index contributed by atoms with van der Waals surface area (Å²) in [6, 6.07) is 5.36. The first-order valence-electron chi connectivity index (χ1n) is 7.08. The molecule has 7 nitrogen and oxygen atoms in total. The maximum atomic E-state index is 12.2. The van der Waals surface area contributed by atoms with Crippen LogP contribution >= 0.6 is 11.6 Å². The zero-order valence-electron chi connectivity index (χ0n) is 13.1. The van der Waals surface area contributed by atoms with Crippen LogP contribution in [0.25, 0.3) is 0 Å². The third-order valence-electron chi connectivity index (χ3n) is 3.07. The second-order valence-electron chi connectivity index (χ2n) is 5.07. The van der Waals surface area contributed by atoms with E-state index in [9.17, 15) is 14.4 Å². The summed E-state index contributed by atoms with van der Waals surface area (Å²) < 4.78 is 4.82. The lowest BCUT2D eigenvalue weighted by molar-refractivity contribution is -0.117. The Bertz CT molecular complexity index is 759. The number of anilines is 2. The van der Waals surface area contributed by atoms with Crippen LogP contribution in [0.4, 0.5) is 11.4 Å². The quantitative estimate of drug-likeness (QED) is 0.772. The van der Waals surface area contributed by atoms with Crippen LogP contribution in [0.1, 0.15) is 24.2 Å². The highest BCUT2D eigenvalue weighted by atomic mass is 35.5. The van der Waals surface area contributed by atoms with E-state index < -0.39 is 17.9 Å². The van der Waals surface area contributed by atoms with Crippen molar-refractivity contribution in [3.8, 4) is 0 Å². The second kappa shape index (κ2) is 7.65. The number of nitrogens with one attached hydrogen (secondary N) is 3. The molecule has 0 fully saturated rings. The van der Waals surface area contributed by atoms with Gasteiger partial charge >= 0.3 is 0 Å². The van der Waals surface area contributed by atoms with Crippen molar-refractivity contribution in [2.45, 2.75) is 19.9 Å². The summed E-state index contributed by atoms with van der Waals surface area (Å²) in [5.74, 6) is -1.17. The fourth-order valence-corrected chi connectivity index (χ4v) is 2.07. The van der Waals surface area contributed by atoms with E-state index >= 15 is 0 Å². The topological polar surface area (TPSA) is 100 Å². The molecule has 0 bridgehead atoms. The third-order valence-corrected chi connectivity index (χ3v) is 3.31. The van der Waals surface area contributed by atoms with Gasteiger partial charge in [0, 0.05) is 11.9 Å². The summed E-state index contributed by atoms with van der Waals surface area (Å²) in [5, 5.41) is 8.19. The Kier molecular flexibility index (Phi) is 5.59. The molecule has 0 unspecified atom stereocenters. The summed E-state index contributed by atoms with van der Waals surface area (Å²) in [5.41, 5.74) is 1.07. The Morgan fingerprint density at radius 1 is 1.12 bits per heavy atom. The first-order chi connectivity index (χ1) is 11.4. The Labute approximate surface area is 143 Å². The highest BCUT2D eigenvalue weighted by molar-refractivity contribution is 6.31. The summed E-state index contributed by atoms with van der Waals surface area (Å²) in [7, 11) is 0. The molecule has 0 spiro atoms. The van der Waals surface area contributed by atoms with E-state index in [1.54, 1.807) is 19.1 Å². The molecule has 2 aromatic rings. The van der Waals surface area contributed by atoms with Gasteiger partial charge in [0.05, 0.1) is 23.2 Å². The van der Waals surface area contributed by atoms with Crippen molar-refractivity contribution < 1.29 is 18.8 Å². The average Bonchev–Trinajstić information content (AvgIpc) is 3.03. The molecule has 0 radical (unpaired) electrons. The monoisotopic (exact) mass is 349 g/mol. The van der Waals surface area contributed by atoms with Gasteiger partial charge in [-0.05, 0) is 31.2 Å². The van der Waals surface area contributed by atoms with Crippen LogP contribution in [0.3, 0.4) is 0 Å². The van der Waals surface area contributed by atoms with Gasteiger partial charge in [-0.2, -0.15) is 0 Å². The molecule has 3 N–H and O–H groups in total. The van der Waals surface area contributed by atoms with Crippen LogP contribution in [0, 0.1) is 0 Å². The van der Waals surface area contributed by atoms with Crippen molar-refractivity contribution in [3.63, 3.8) is 0 Å². The Morgan fingerprint density at radius 2 is 1.88 bits per heavy atom. The normalized spacial score (nSPS) is 11.5. The minimum atomic E-state index is -0.798. The Balaban J connectivity index is 2.06. The molecule has 0 aliphatic carbocycles. The van der Waals surface area contributed by atoms with Gasteiger partial charge in [0.1, 0.15) is 12.3 Å². The molecule has 0 saturated carbocycles.